The zero-order valence-electron chi connectivity index (χ0n) is 11.7. The van der Waals surface area contributed by atoms with E-state index >= 15 is 0 Å². The van der Waals surface area contributed by atoms with Crippen LogP contribution in [0.5, 0.6) is 0 Å². The first kappa shape index (κ1) is 14.7. The van der Waals surface area contributed by atoms with Gasteiger partial charge in [-0.05, 0) is 37.9 Å². The van der Waals surface area contributed by atoms with Gasteiger partial charge in [-0.3, -0.25) is 15.0 Å². The van der Waals surface area contributed by atoms with E-state index in [4.69, 9.17) is 10.5 Å². The number of non-ortho nitro benzene ring substituents is 1. The van der Waals surface area contributed by atoms with Crippen molar-refractivity contribution in [3.05, 3.63) is 33.9 Å². The zero-order chi connectivity index (χ0) is 14.5. The maximum absolute atomic E-state index is 10.8. The molecule has 0 aromatic heterocycles. The third kappa shape index (κ3) is 3.91. The van der Waals surface area contributed by atoms with Crippen molar-refractivity contribution in [2.24, 2.45) is 0 Å². The second-order valence-corrected chi connectivity index (χ2v) is 5.33. The van der Waals surface area contributed by atoms with Gasteiger partial charge in [0.05, 0.1) is 11.0 Å². The van der Waals surface area contributed by atoms with Crippen LogP contribution in [0.25, 0.3) is 0 Å². The predicted octanol–water partition coefficient (Wildman–Crippen LogP) is 2.18. The van der Waals surface area contributed by atoms with Crippen LogP contribution in [0.1, 0.15) is 24.8 Å². The lowest BCUT2D eigenvalue weighted by Gasteiger charge is -2.27. The molecule has 20 heavy (non-hydrogen) atoms. The van der Waals surface area contributed by atoms with Gasteiger partial charge in [0.1, 0.15) is 0 Å². The maximum atomic E-state index is 10.8. The number of hydrogen-bond donors (Lipinski definition) is 1. The third-order valence-electron chi connectivity index (χ3n) is 3.57. The standard InChI is InChI=1S/C14H21N3O3/c1-16(10-13-4-2-3-7-20-13)9-11-8-12(17(18)19)5-6-14(11)15/h5-6,8,13H,2-4,7,9-10,15H2,1H3. The lowest BCUT2D eigenvalue weighted by Crippen LogP contribution is -2.33. The summed E-state index contributed by atoms with van der Waals surface area (Å²) in [4.78, 5) is 12.5. The minimum absolute atomic E-state index is 0.0801. The van der Waals surface area contributed by atoms with E-state index in [0.717, 1.165) is 31.6 Å². The van der Waals surface area contributed by atoms with E-state index in [1.54, 1.807) is 12.1 Å². The predicted molar refractivity (Wildman–Crippen MR) is 77.4 cm³/mol. The van der Waals surface area contributed by atoms with Gasteiger partial charge < -0.3 is 10.5 Å². The highest BCUT2D eigenvalue weighted by Crippen LogP contribution is 2.21. The minimum atomic E-state index is -0.396. The number of rotatable bonds is 5. The smallest absolute Gasteiger partial charge is 0.269 e. The van der Waals surface area contributed by atoms with Crippen molar-refractivity contribution >= 4 is 11.4 Å². The van der Waals surface area contributed by atoms with Crippen LogP contribution in [0.3, 0.4) is 0 Å². The molecule has 0 saturated carbocycles. The van der Waals surface area contributed by atoms with Gasteiger partial charge in [-0.15, -0.1) is 0 Å². The second kappa shape index (κ2) is 6.67. The Morgan fingerprint density at radius 1 is 1.50 bits per heavy atom. The largest absolute Gasteiger partial charge is 0.398 e. The van der Waals surface area contributed by atoms with Crippen LogP contribution in [0.2, 0.25) is 0 Å². The van der Waals surface area contributed by atoms with E-state index in [-0.39, 0.29) is 11.8 Å². The lowest BCUT2D eigenvalue weighted by atomic mass is 10.1. The molecule has 0 spiro atoms. The Kier molecular flexibility index (Phi) is 4.92. The average molecular weight is 279 g/mol. The van der Waals surface area contributed by atoms with Crippen molar-refractivity contribution in [1.82, 2.24) is 4.90 Å². The number of hydrogen-bond acceptors (Lipinski definition) is 5. The molecule has 1 atom stereocenters. The van der Waals surface area contributed by atoms with Crippen molar-refractivity contribution in [3.63, 3.8) is 0 Å². The SMILES string of the molecule is CN(Cc1cc([N+](=O)[O-])ccc1N)CC1CCCCO1. The molecule has 110 valence electrons. The molecule has 1 aliphatic rings. The monoisotopic (exact) mass is 279 g/mol. The number of ether oxygens (including phenoxy) is 1. The molecule has 0 bridgehead atoms. The quantitative estimate of drug-likeness (QED) is 0.507. The van der Waals surface area contributed by atoms with Gasteiger partial charge in [0.2, 0.25) is 0 Å². The van der Waals surface area contributed by atoms with Crippen molar-refractivity contribution < 1.29 is 9.66 Å². The van der Waals surface area contributed by atoms with E-state index < -0.39 is 4.92 Å². The topological polar surface area (TPSA) is 81.6 Å². The van der Waals surface area contributed by atoms with E-state index in [2.05, 4.69) is 4.90 Å². The van der Waals surface area contributed by atoms with Crippen LogP contribution in [-0.4, -0.2) is 36.1 Å². The number of nitrogens with two attached hydrogens (primary N) is 1. The summed E-state index contributed by atoms with van der Waals surface area (Å²) in [5, 5.41) is 10.8. The summed E-state index contributed by atoms with van der Waals surface area (Å²) >= 11 is 0. The first-order valence-corrected chi connectivity index (χ1v) is 6.89. The summed E-state index contributed by atoms with van der Waals surface area (Å²) in [7, 11) is 1.98. The molecule has 1 aromatic carbocycles. The summed E-state index contributed by atoms with van der Waals surface area (Å²) in [6.45, 7) is 2.24. The highest BCUT2D eigenvalue weighted by Gasteiger charge is 2.17. The van der Waals surface area contributed by atoms with Crippen molar-refractivity contribution in [2.45, 2.75) is 31.9 Å². The maximum Gasteiger partial charge on any atom is 0.269 e. The Labute approximate surface area is 118 Å². The van der Waals surface area contributed by atoms with Crippen molar-refractivity contribution in [2.75, 3.05) is 25.9 Å². The van der Waals surface area contributed by atoms with E-state index in [1.165, 1.54) is 12.5 Å². The highest BCUT2D eigenvalue weighted by atomic mass is 16.6. The molecule has 1 aliphatic heterocycles. The molecule has 6 nitrogen and oxygen atoms in total. The molecule has 1 saturated heterocycles. The normalized spacial score (nSPS) is 19.2. The van der Waals surface area contributed by atoms with Crippen LogP contribution in [-0.2, 0) is 11.3 Å². The number of nitrogen functional groups attached to an aromatic ring is 1. The molecule has 1 heterocycles. The van der Waals surface area contributed by atoms with Gasteiger partial charge in [-0.1, -0.05) is 0 Å². The van der Waals surface area contributed by atoms with E-state index in [0.29, 0.717) is 12.2 Å². The van der Waals surface area contributed by atoms with Crippen LogP contribution in [0.15, 0.2) is 18.2 Å². The Hall–Kier alpha value is -1.66. The number of nitro benzene ring substituents is 1. The van der Waals surface area contributed by atoms with Crippen molar-refractivity contribution in [3.8, 4) is 0 Å². The Morgan fingerprint density at radius 3 is 2.95 bits per heavy atom. The molecule has 1 aromatic rings. The Balaban J connectivity index is 1.97. The number of likely N-dealkylation sites (N-methyl/N-ethyl adjacent to an activating group) is 1. The molecule has 1 unspecified atom stereocenters. The van der Waals surface area contributed by atoms with Gasteiger partial charge in [0, 0.05) is 37.5 Å². The molecule has 1 fully saturated rings. The zero-order valence-corrected chi connectivity index (χ0v) is 11.7. The Morgan fingerprint density at radius 2 is 2.30 bits per heavy atom. The molecule has 0 amide bonds. The number of anilines is 1. The molecule has 2 rings (SSSR count). The summed E-state index contributed by atoms with van der Waals surface area (Å²) in [5.74, 6) is 0. The minimum Gasteiger partial charge on any atom is -0.398 e. The Bertz CT molecular complexity index is 473. The fourth-order valence-corrected chi connectivity index (χ4v) is 2.50. The van der Waals surface area contributed by atoms with Crippen LogP contribution < -0.4 is 5.73 Å². The fraction of sp³-hybridized carbons (Fsp3) is 0.571. The van der Waals surface area contributed by atoms with Gasteiger partial charge in [0.25, 0.3) is 5.69 Å². The molecule has 0 aliphatic carbocycles. The third-order valence-corrected chi connectivity index (χ3v) is 3.57. The summed E-state index contributed by atoms with van der Waals surface area (Å²) < 4.78 is 5.70. The highest BCUT2D eigenvalue weighted by molar-refractivity contribution is 5.52. The molecule has 2 N–H and O–H groups in total. The summed E-state index contributed by atoms with van der Waals surface area (Å²) in [5.41, 5.74) is 7.35. The molecule has 6 heteroatoms. The molecule has 0 radical (unpaired) electrons. The first-order valence-electron chi connectivity index (χ1n) is 6.89. The van der Waals surface area contributed by atoms with Gasteiger partial charge in [0.15, 0.2) is 0 Å². The van der Waals surface area contributed by atoms with Gasteiger partial charge in [-0.2, -0.15) is 0 Å². The number of benzene rings is 1. The number of nitrogens with zero attached hydrogens (tertiary/aromatic N) is 2. The van der Waals surface area contributed by atoms with E-state index in [1.807, 2.05) is 7.05 Å². The average Bonchev–Trinajstić information content (AvgIpc) is 2.42. The van der Waals surface area contributed by atoms with Crippen molar-refractivity contribution in [1.29, 1.82) is 0 Å². The lowest BCUT2D eigenvalue weighted by molar-refractivity contribution is -0.384. The van der Waals surface area contributed by atoms with Gasteiger partial charge in [-0.25, -0.2) is 0 Å². The van der Waals surface area contributed by atoms with Crippen LogP contribution in [0.4, 0.5) is 11.4 Å². The molecular weight excluding hydrogens is 258 g/mol. The summed E-state index contributed by atoms with van der Waals surface area (Å²) in [6.07, 6.45) is 3.68. The van der Waals surface area contributed by atoms with Crippen LogP contribution in [0, 0.1) is 10.1 Å². The van der Waals surface area contributed by atoms with E-state index in [9.17, 15) is 10.1 Å². The first-order chi connectivity index (χ1) is 9.56. The summed E-state index contributed by atoms with van der Waals surface area (Å²) in [6, 6.07) is 4.58. The van der Waals surface area contributed by atoms with Gasteiger partial charge >= 0.3 is 0 Å². The fourth-order valence-electron chi connectivity index (χ4n) is 2.50. The number of nitro groups is 1. The van der Waals surface area contributed by atoms with Crippen LogP contribution >= 0.6 is 0 Å². The molecular formula is C14H21N3O3. The second-order valence-electron chi connectivity index (χ2n) is 5.33.